The van der Waals surface area contributed by atoms with E-state index in [1.807, 2.05) is 6.07 Å². The minimum atomic E-state index is -0.168. The van der Waals surface area contributed by atoms with E-state index in [9.17, 15) is 4.39 Å². The van der Waals surface area contributed by atoms with E-state index in [0.29, 0.717) is 5.88 Å². The zero-order valence-electron chi connectivity index (χ0n) is 6.59. The van der Waals surface area contributed by atoms with Crippen molar-refractivity contribution in [1.82, 2.24) is 0 Å². The summed E-state index contributed by atoms with van der Waals surface area (Å²) in [7, 11) is 0. The molecule has 0 bridgehead atoms. The summed E-state index contributed by atoms with van der Waals surface area (Å²) in [6, 6.07) is 6.66. The molecule has 1 rings (SSSR count). The van der Waals surface area contributed by atoms with Crippen LogP contribution in [0.1, 0.15) is 5.56 Å². The molecule has 0 N–H and O–H groups in total. The van der Waals surface area contributed by atoms with Crippen molar-refractivity contribution >= 4 is 23.4 Å². The topological polar surface area (TPSA) is 0 Å². The van der Waals surface area contributed by atoms with Gasteiger partial charge in [-0.15, -0.1) is 11.6 Å². The number of hydrogen-bond donors (Lipinski definition) is 0. The van der Waals surface area contributed by atoms with Crippen molar-refractivity contribution in [2.75, 3.05) is 11.6 Å². The summed E-state index contributed by atoms with van der Waals surface area (Å²) in [4.78, 5) is 0. The Hall–Kier alpha value is -0.210. The third-order valence-corrected chi connectivity index (χ3v) is 2.82. The summed E-state index contributed by atoms with van der Waals surface area (Å²) in [5.74, 6) is 2.24. The molecule has 0 aliphatic rings. The van der Waals surface area contributed by atoms with Crippen molar-refractivity contribution in [1.29, 1.82) is 0 Å². The van der Waals surface area contributed by atoms with Crippen molar-refractivity contribution in [3.05, 3.63) is 35.6 Å². The molecule has 0 aliphatic heterocycles. The lowest BCUT2D eigenvalue weighted by Crippen LogP contribution is -1.85. The predicted octanol–water partition coefficient (Wildman–Crippen LogP) is 3.30. The number of alkyl halides is 1. The first-order valence-electron chi connectivity index (χ1n) is 3.71. The van der Waals surface area contributed by atoms with Crippen LogP contribution in [0.25, 0.3) is 0 Å². The quantitative estimate of drug-likeness (QED) is 0.536. The second kappa shape index (κ2) is 5.44. The number of rotatable bonds is 4. The van der Waals surface area contributed by atoms with Crippen molar-refractivity contribution in [2.45, 2.75) is 5.75 Å². The Kier molecular flexibility index (Phi) is 4.48. The Morgan fingerprint density at radius 2 is 2.25 bits per heavy atom. The molecule has 1 aromatic carbocycles. The van der Waals surface area contributed by atoms with Gasteiger partial charge in [0.05, 0.1) is 0 Å². The minimum Gasteiger partial charge on any atom is -0.207 e. The molecule has 0 aromatic heterocycles. The molecular formula is C9H10ClFS. The number of thioether (sulfide) groups is 1. The highest BCUT2D eigenvalue weighted by Crippen LogP contribution is 2.12. The molecule has 0 radical (unpaired) electrons. The molecule has 0 saturated carbocycles. The molecule has 0 amide bonds. The summed E-state index contributed by atoms with van der Waals surface area (Å²) in [6.45, 7) is 0. The van der Waals surface area contributed by atoms with Crippen molar-refractivity contribution in [3.63, 3.8) is 0 Å². The lowest BCUT2D eigenvalue weighted by Gasteiger charge is -1.99. The standard InChI is InChI=1S/C9H10ClFS/c10-4-5-12-7-8-2-1-3-9(11)6-8/h1-3,6H,4-5,7H2. The van der Waals surface area contributed by atoms with E-state index in [0.717, 1.165) is 17.1 Å². The van der Waals surface area contributed by atoms with Crippen LogP contribution < -0.4 is 0 Å². The summed E-state index contributed by atoms with van der Waals surface area (Å²) in [5, 5.41) is 0. The molecule has 0 atom stereocenters. The van der Waals surface area contributed by atoms with Crippen LogP contribution in [0.15, 0.2) is 24.3 Å². The van der Waals surface area contributed by atoms with Crippen LogP contribution in [-0.2, 0) is 5.75 Å². The minimum absolute atomic E-state index is 0.168. The molecule has 0 saturated heterocycles. The van der Waals surface area contributed by atoms with Crippen LogP contribution in [0.4, 0.5) is 4.39 Å². The van der Waals surface area contributed by atoms with Gasteiger partial charge in [-0.2, -0.15) is 11.8 Å². The largest absolute Gasteiger partial charge is 0.207 e. The van der Waals surface area contributed by atoms with Crippen LogP contribution >= 0.6 is 23.4 Å². The second-order valence-electron chi connectivity index (χ2n) is 2.37. The van der Waals surface area contributed by atoms with Crippen molar-refractivity contribution in [2.24, 2.45) is 0 Å². The zero-order chi connectivity index (χ0) is 8.81. The summed E-state index contributed by atoms with van der Waals surface area (Å²) >= 11 is 7.22. The van der Waals surface area contributed by atoms with Crippen LogP contribution in [0.5, 0.6) is 0 Å². The Balaban J connectivity index is 2.41. The fraction of sp³-hybridized carbons (Fsp3) is 0.333. The Labute approximate surface area is 81.1 Å². The maximum absolute atomic E-state index is 12.6. The lowest BCUT2D eigenvalue weighted by atomic mass is 10.2. The highest BCUT2D eigenvalue weighted by atomic mass is 35.5. The molecule has 0 nitrogen and oxygen atoms in total. The molecule has 12 heavy (non-hydrogen) atoms. The van der Waals surface area contributed by atoms with E-state index in [2.05, 4.69) is 0 Å². The number of hydrogen-bond acceptors (Lipinski definition) is 1. The van der Waals surface area contributed by atoms with Gasteiger partial charge in [-0.1, -0.05) is 12.1 Å². The van der Waals surface area contributed by atoms with Crippen molar-refractivity contribution < 1.29 is 4.39 Å². The molecule has 0 unspecified atom stereocenters. The first kappa shape index (κ1) is 9.87. The van der Waals surface area contributed by atoms with Gasteiger partial charge in [0.2, 0.25) is 0 Å². The number of halogens is 2. The average Bonchev–Trinajstić information content (AvgIpc) is 2.05. The molecule has 1 aromatic rings. The normalized spacial score (nSPS) is 10.2. The molecule has 66 valence electrons. The third-order valence-electron chi connectivity index (χ3n) is 1.38. The Morgan fingerprint density at radius 3 is 2.92 bits per heavy atom. The van der Waals surface area contributed by atoms with E-state index in [4.69, 9.17) is 11.6 Å². The van der Waals surface area contributed by atoms with Crippen LogP contribution in [0, 0.1) is 5.82 Å². The molecule has 0 spiro atoms. The zero-order valence-corrected chi connectivity index (χ0v) is 8.17. The van der Waals surface area contributed by atoms with Gasteiger partial charge in [0.25, 0.3) is 0 Å². The van der Waals surface area contributed by atoms with Gasteiger partial charge >= 0.3 is 0 Å². The predicted molar refractivity (Wildman–Crippen MR) is 53.3 cm³/mol. The fourth-order valence-corrected chi connectivity index (χ4v) is 1.87. The molecule has 3 heteroatoms. The Bertz CT molecular complexity index is 240. The Morgan fingerprint density at radius 1 is 1.42 bits per heavy atom. The maximum Gasteiger partial charge on any atom is 0.123 e. The fourth-order valence-electron chi connectivity index (χ4n) is 0.871. The second-order valence-corrected chi connectivity index (χ2v) is 3.85. The average molecular weight is 205 g/mol. The van der Waals surface area contributed by atoms with Crippen LogP contribution in [0.3, 0.4) is 0 Å². The van der Waals surface area contributed by atoms with Gasteiger partial charge in [0, 0.05) is 17.4 Å². The molecule has 0 fully saturated rings. The summed E-state index contributed by atoms with van der Waals surface area (Å²) in [6.07, 6.45) is 0. The van der Waals surface area contributed by atoms with E-state index >= 15 is 0 Å². The SMILES string of the molecule is Fc1cccc(CSCCCl)c1. The first-order chi connectivity index (χ1) is 5.83. The van der Waals surface area contributed by atoms with Gasteiger partial charge < -0.3 is 0 Å². The van der Waals surface area contributed by atoms with Gasteiger partial charge in [0.15, 0.2) is 0 Å². The first-order valence-corrected chi connectivity index (χ1v) is 5.40. The van der Waals surface area contributed by atoms with Crippen molar-refractivity contribution in [3.8, 4) is 0 Å². The summed E-state index contributed by atoms with van der Waals surface area (Å²) < 4.78 is 12.6. The monoisotopic (exact) mass is 204 g/mol. The van der Waals surface area contributed by atoms with Crippen LogP contribution in [-0.4, -0.2) is 11.6 Å². The smallest absolute Gasteiger partial charge is 0.123 e. The number of benzene rings is 1. The summed E-state index contributed by atoms with van der Waals surface area (Å²) in [5.41, 5.74) is 1.02. The van der Waals surface area contributed by atoms with E-state index < -0.39 is 0 Å². The van der Waals surface area contributed by atoms with E-state index in [1.54, 1.807) is 23.9 Å². The third kappa shape index (κ3) is 3.46. The van der Waals surface area contributed by atoms with E-state index in [1.165, 1.54) is 6.07 Å². The molecule has 0 heterocycles. The highest BCUT2D eigenvalue weighted by molar-refractivity contribution is 7.98. The maximum atomic E-state index is 12.6. The molecule has 0 aliphatic carbocycles. The van der Waals surface area contributed by atoms with E-state index in [-0.39, 0.29) is 5.82 Å². The van der Waals surface area contributed by atoms with Gasteiger partial charge in [0.1, 0.15) is 5.82 Å². The van der Waals surface area contributed by atoms with Gasteiger partial charge in [-0.05, 0) is 17.7 Å². The van der Waals surface area contributed by atoms with Gasteiger partial charge in [-0.3, -0.25) is 0 Å². The van der Waals surface area contributed by atoms with Crippen LogP contribution in [0.2, 0.25) is 0 Å². The lowest BCUT2D eigenvalue weighted by molar-refractivity contribution is 0.626. The van der Waals surface area contributed by atoms with Gasteiger partial charge in [-0.25, -0.2) is 4.39 Å². The molecular weight excluding hydrogens is 195 g/mol. The highest BCUT2D eigenvalue weighted by Gasteiger charge is 1.94.